The van der Waals surface area contributed by atoms with Gasteiger partial charge in [-0.2, -0.15) is 10.2 Å². The number of fused-ring (bicyclic) bond motifs is 2. The van der Waals surface area contributed by atoms with Gasteiger partial charge in [0.1, 0.15) is 35.6 Å². The van der Waals surface area contributed by atoms with Gasteiger partial charge in [0.15, 0.2) is 0 Å². The van der Waals surface area contributed by atoms with Gasteiger partial charge in [0.25, 0.3) is 0 Å². The van der Waals surface area contributed by atoms with E-state index in [2.05, 4.69) is 9.88 Å². The third kappa shape index (κ3) is 3.47. The fourth-order valence-corrected chi connectivity index (χ4v) is 3.29. The third-order valence-electron chi connectivity index (χ3n) is 4.83. The summed E-state index contributed by atoms with van der Waals surface area (Å²) in [5.74, 6) is 1.83. The number of nitrogen functional groups attached to an aromatic ring is 2. The summed E-state index contributed by atoms with van der Waals surface area (Å²) in [6, 6.07) is 7.71. The zero-order chi connectivity index (χ0) is 18.8. The summed E-state index contributed by atoms with van der Waals surface area (Å²) in [6.45, 7) is 4.88. The molecule has 0 aliphatic carbocycles. The highest BCUT2D eigenvalue weighted by molar-refractivity contribution is 5.72. The van der Waals surface area contributed by atoms with Crippen LogP contribution in [-0.2, 0) is 11.2 Å². The summed E-state index contributed by atoms with van der Waals surface area (Å²) < 4.78 is 17.1. The molecular weight excluding hydrogens is 346 g/mol. The van der Waals surface area contributed by atoms with Crippen LogP contribution in [0.3, 0.4) is 0 Å². The first-order valence-electron chi connectivity index (χ1n) is 8.87. The average molecular weight is 367 g/mol. The van der Waals surface area contributed by atoms with Crippen molar-refractivity contribution in [1.29, 1.82) is 5.26 Å². The topological polar surface area (TPSA) is 120 Å². The molecule has 8 nitrogen and oxygen atoms in total. The van der Waals surface area contributed by atoms with Gasteiger partial charge < -0.3 is 25.7 Å². The largest absolute Gasteiger partial charge is 0.492 e. The number of anilines is 2. The van der Waals surface area contributed by atoms with Crippen LogP contribution in [0, 0.1) is 11.3 Å². The Labute approximate surface area is 157 Å². The summed E-state index contributed by atoms with van der Waals surface area (Å²) in [6.07, 6.45) is 0.534. The van der Waals surface area contributed by atoms with Gasteiger partial charge in [0.05, 0.1) is 18.9 Å². The van der Waals surface area contributed by atoms with E-state index in [0.717, 1.165) is 44.2 Å². The monoisotopic (exact) mass is 367 g/mol. The maximum atomic E-state index is 9.19. The van der Waals surface area contributed by atoms with Gasteiger partial charge in [-0.1, -0.05) is 6.07 Å². The van der Waals surface area contributed by atoms with Crippen molar-refractivity contribution in [3.05, 3.63) is 34.9 Å². The van der Waals surface area contributed by atoms with Gasteiger partial charge in [0, 0.05) is 37.7 Å². The quantitative estimate of drug-likeness (QED) is 0.712. The van der Waals surface area contributed by atoms with Gasteiger partial charge in [-0.05, 0) is 11.6 Å². The Kier molecular flexibility index (Phi) is 4.71. The predicted molar refractivity (Wildman–Crippen MR) is 99.9 cm³/mol. The second-order valence-corrected chi connectivity index (χ2v) is 6.53. The molecule has 0 bridgehead atoms. The number of hydrogen-bond acceptors (Lipinski definition) is 8. The summed E-state index contributed by atoms with van der Waals surface area (Å²) in [5.41, 5.74) is 14.1. The van der Waals surface area contributed by atoms with E-state index in [1.54, 1.807) is 0 Å². The number of nitriles is 1. The molecule has 27 heavy (non-hydrogen) atoms. The van der Waals surface area contributed by atoms with Crippen LogP contribution in [0.5, 0.6) is 17.4 Å². The van der Waals surface area contributed by atoms with Crippen molar-refractivity contribution in [2.24, 2.45) is 0 Å². The maximum absolute atomic E-state index is 9.19. The second-order valence-electron chi connectivity index (χ2n) is 6.53. The van der Waals surface area contributed by atoms with E-state index in [-0.39, 0.29) is 11.4 Å². The number of morpholine rings is 1. The fraction of sp³-hybridized carbons (Fsp3) is 0.368. The molecule has 1 aromatic heterocycles. The molecule has 0 unspecified atom stereocenters. The van der Waals surface area contributed by atoms with Crippen molar-refractivity contribution in [3.8, 4) is 23.4 Å². The van der Waals surface area contributed by atoms with Gasteiger partial charge in [-0.3, -0.25) is 4.90 Å². The number of nitrogens with two attached hydrogens (primary N) is 2. The van der Waals surface area contributed by atoms with E-state index in [1.807, 2.05) is 24.3 Å². The molecule has 2 aliphatic heterocycles. The highest BCUT2D eigenvalue weighted by Gasteiger charge is 2.24. The van der Waals surface area contributed by atoms with Crippen LogP contribution < -0.4 is 20.9 Å². The van der Waals surface area contributed by atoms with Crippen molar-refractivity contribution in [3.63, 3.8) is 0 Å². The summed E-state index contributed by atoms with van der Waals surface area (Å²) in [5, 5.41) is 9.19. The Bertz CT molecular complexity index is 903. The lowest BCUT2D eigenvalue weighted by molar-refractivity contribution is 0.0322. The van der Waals surface area contributed by atoms with Crippen LogP contribution in [-0.4, -0.2) is 49.3 Å². The first kappa shape index (κ1) is 17.4. The molecular formula is C19H21N5O3. The minimum Gasteiger partial charge on any atom is -0.492 e. The third-order valence-corrected chi connectivity index (χ3v) is 4.83. The molecule has 2 aromatic rings. The molecule has 140 valence electrons. The number of pyridine rings is 1. The number of rotatable bonds is 4. The van der Waals surface area contributed by atoms with E-state index >= 15 is 0 Å². The molecule has 0 spiro atoms. The Morgan fingerprint density at radius 1 is 1.26 bits per heavy atom. The zero-order valence-electron chi connectivity index (χ0n) is 14.9. The standard InChI is InChI=1S/C19H21N5O3/c20-11-15-17(21)14-9-12-1-2-13(10-16(12)27-19(14)23-18(15)22)26-8-5-24-3-6-25-7-4-24/h1-2,10H,3-9H2,(H4,21,22,23). The summed E-state index contributed by atoms with van der Waals surface area (Å²) >= 11 is 0. The smallest absolute Gasteiger partial charge is 0.226 e. The number of aromatic nitrogens is 1. The Morgan fingerprint density at radius 3 is 2.85 bits per heavy atom. The van der Waals surface area contributed by atoms with Crippen molar-refractivity contribution >= 4 is 11.5 Å². The van der Waals surface area contributed by atoms with E-state index < -0.39 is 0 Å². The van der Waals surface area contributed by atoms with Crippen LogP contribution in [0.25, 0.3) is 0 Å². The van der Waals surface area contributed by atoms with Crippen molar-refractivity contribution in [2.45, 2.75) is 6.42 Å². The van der Waals surface area contributed by atoms with Gasteiger partial charge in [-0.25, -0.2) is 0 Å². The highest BCUT2D eigenvalue weighted by atomic mass is 16.5. The van der Waals surface area contributed by atoms with Crippen LogP contribution >= 0.6 is 0 Å². The normalized spacial score (nSPS) is 16.0. The summed E-state index contributed by atoms with van der Waals surface area (Å²) in [7, 11) is 0. The molecule has 1 saturated heterocycles. The first-order chi connectivity index (χ1) is 13.2. The van der Waals surface area contributed by atoms with E-state index in [0.29, 0.717) is 35.9 Å². The lowest BCUT2D eigenvalue weighted by atomic mass is 9.99. The Morgan fingerprint density at radius 2 is 2.07 bits per heavy atom. The molecule has 4 rings (SSSR count). The molecule has 0 saturated carbocycles. The van der Waals surface area contributed by atoms with Gasteiger partial charge in [0.2, 0.25) is 5.88 Å². The number of hydrogen-bond donors (Lipinski definition) is 2. The van der Waals surface area contributed by atoms with E-state index in [9.17, 15) is 5.26 Å². The van der Waals surface area contributed by atoms with Crippen LogP contribution in [0.1, 0.15) is 16.7 Å². The Hall–Kier alpha value is -3.02. The summed E-state index contributed by atoms with van der Waals surface area (Å²) in [4.78, 5) is 6.51. The minimum absolute atomic E-state index is 0.0788. The van der Waals surface area contributed by atoms with E-state index in [4.69, 9.17) is 25.7 Å². The lowest BCUT2D eigenvalue weighted by Crippen LogP contribution is -2.38. The average Bonchev–Trinajstić information content (AvgIpc) is 2.68. The molecule has 0 atom stereocenters. The van der Waals surface area contributed by atoms with Crippen molar-refractivity contribution < 1.29 is 14.2 Å². The SMILES string of the molecule is N#Cc1c(N)nc2c(c1N)Cc1ccc(OCCN3CCOCC3)cc1O2. The lowest BCUT2D eigenvalue weighted by Gasteiger charge is -2.26. The van der Waals surface area contributed by atoms with Crippen LogP contribution in [0.2, 0.25) is 0 Å². The second kappa shape index (κ2) is 7.31. The number of nitrogens with zero attached hydrogens (tertiary/aromatic N) is 3. The molecule has 4 N–H and O–H groups in total. The molecule has 0 radical (unpaired) electrons. The molecule has 2 aliphatic rings. The van der Waals surface area contributed by atoms with Gasteiger partial charge in [-0.15, -0.1) is 0 Å². The number of ether oxygens (including phenoxy) is 3. The maximum Gasteiger partial charge on any atom is 0.226 e. The predicted octanol–water partition coefficient (Wildman–Crippen LogP) is 1.53. The van der Waals surface area contributed by atoms with E-state index in [1.165, 1.54) is 0 Å². The molecule has 0 amide bonds. The molecule has 1 aromatic carbocycles. The molecule has 8 heteroatoms. The first-order valence-corrected chi connectivity index (χ1v) is 8.87. The van der Waals surface area contributed by atoms with Crippen molar-refractivity contribution in [1.82, 2.24) is 9.88 Å². The Balaban J connectivity index is 1.46. The van der Waals surface area contributed by atoms with Crippen LogP contribution in [0.4, 0.5) is 11.5 Å². The van der Waals surface area contributed by atoms with Gasteiger partial charge >= 0.3 is 0 Å². The molecule has 1 fully saturated rings. The zero-order valence-corrected chi connectivity index (χ0v) is 14.9. The minimum atomic E-state index is 0.0788. The van der Waals surface area contributed by atoms with Crippen LogP contribution in [0.15, 0.2) is 18.2 Å². The fourth-order valence-electron chi connectivity index (χ4n) is 3.29. The van der Waals surface area contributed by atoms with Crippen molar-refractivity contribution in [2.75, 3.05) is 50.9 Å². The highest BCUT2D eigenvalue weighted by Crippen LogP contribution is 2.41. The number of benzene rings is 1. The molecule has 3 heterocycles.